The van der Waals surface area contributed by atoms with Crippen LogP contribution in [0.2, 0.25) is 5.02 Å². The predicted octanol–water partition coefficient (Wildman–Crippen LogP) is 2.81. The van der Waals surface area contributed by atoms with Crippen LogP contribution in [0.15, 0.2) is 49.1 Å². The normalized spacial score (nSPS) is 14.2. The van der Waals surface area contributed by atoms with Crippen molar-refractivity contribution in [3.8, 4) is 17.0 Å². The molecule has 42 heavy (non-hydrogen) atoms. The number of fused-ring (bicyclic) bond motifs is 1. The van der Waals surface area contributed by atoms with Crippen LogP contribution in [0, 0.1) is 0 Å². The Morgan fingerprint density at radius 1 is 1.19 bits per heavy atom. The van der Waals surface area contributed by atoms with Crippen LogP contribution < -0.4 is 10.1 Å². The van der Waals surface area contributed by atoms with E-state index in [1.807, 2.05) is 14.1 Å². The molecule has 0 spiro atoms. The number of halogens is 3. The topological polar surface area (TPSA) is 113 Å². The van der Waals surface area contributed by atoms with Gasteiger partial charge in [-0.3, -0.25) is 19.2 Å². The summed E-state index contributed by atoms with van der Waals surface area (Å²) in [5, 5.41) is 11.7. The molecule has 2 amide bonds. The maximum Gasteiger partial charge on any atom is 0.387 e. The summed E-state index contributed by atoms with van der Waals surface area (Å²) in [7, 11) is 4.05. The summed E-state index contributed by atoms with van der Waals surface area (Å²) < 4.78 is 34.0. The molecule has 4 aromatic rings. The number of anilines is 1. The fourth-order valence-corrected chi connectivity index (χ4v) is 4.83. The molecule has 1 aromatic carbocycles. The van der Waals surface area contributed by atoms with Crippen LogP contribution in [0.25, 0.3) is 16.9 Å². The highest BCUT2D eigenvalue weighted by Gasteiger charge is 2.25. The molecular formula is C27H30ClF2N9O3. The number of benzene rings is 1. The van der Waals surface area contributed by atoms with Gasteiger partial charge in [-0.25, -0.2) is 9.50 Å². The Kier molecular flexibility index (Phi) is 8.94. The van der Waals surface area contributed by atoms with Gasteiger partial charge >= 0.3 is 6.61 Å². The minimum absolute atomic E-state index is 0.104. The average molecular weight is 602 g/mol. The van der Waals surface area contributed by atoms with Crippen LogP contribution in [-0.2, 0) is 11.3 Å². The van der Waals surface area contributed by atoms with Crippen LogP contribution >= 0.6 is 11.6 Å². The molecule has 0 aliphatic carbocycles. The first-order valence-electron chi connectivity index (χ1n) is 13.2. The quantitative estimate of drug-likeness (QED) is 0.295. The number of alkyl halides is 2. The highest BCUT2D eigenvalue weighted by Crippen LogP contribution is 2.37. The van der Waals surface area contributed by atoms with Crippen molar-refractivity contribution < 1.29 is 23.1 Å². The Morgan fingerprint density at radius 3 is 2.71 bits per heavy atom. The summed E-state index contributed by atoms with van der Waals surface area (Å²) >= 11 is 6.20. The second-order valence-electron chi connectivity index (χ2n) is 10.0. The lowest BCUT2D eigenvalue weighted by Gasteiger charge is -2.35. The summed E-state index contributed by atoms with van der Waals surface area (Å²) in [6, 6.07) is 5.79. The number of piperazine rings is 1. The lowest BCUT2D eigenvalue weighted by Crippen LogP contribution is -2.50. The lowest BCUT2D eigenvalue weighted by molar-refractivity contribution is -0.133. The zero-order chi connectivity index (χ0) is 29.8. The van der Waals surface area contributed by atoms with Crippen molar-refractivity contribution in [1.29, 1.82) is 0 Å². The number of ether oxygens (including phenoxy) is 1. The van der Waals surface area contributed by atoms with Crippen molar-refractivity contribution in [3.05, 3.63) is 59.6 Å². The number of rotatable bonds is 10. The third-order valence-electron chi connectivity index (χ3n) is 6.83. The van der Waals surface area contributed by atoms with Crippen molar-refractivity contribution in [2.45, 2.75) is 13.2 Å². The van der Waals surface area contributed by atoms with Crippen LogP contribution in [0.5, 0.6) is 5.75 Å². The molecule has 4 heterocycles. The molecule has 0 saturated carbocycles. The van der Waals surface area contributed by atoms with Crippen molar-refractivity contribution >= 4 is 34.7 Å². The summed E-state index contributed by atoms with van der Waals surface area (Å²) in [5.74, 6) is -0.896. The van der Waals surface area contributed by atoms with Crippen LogP contribution in [0.4, 0.5) is 14.5 Å². The van der Waals surface area contributed by atoms with Crippen LogP contribution in [0.3, 0.4) is 0 Å². The fraction of sp³-hybridized carbons (Fsp3) is 0.370. The molecule has 3 aromatic heterocycles. The summed E-state index contributed by atoms with van der Waals surface area (Å²) in [4.78, 5) is 36.9. The second-order valence-corrected chi connectivity index (χ2v) is 10.5. The maximum atomic E-state index is 13.3. The highest BCUT2D eigenvalue weighted by atomic mass is 35.5. The van der Waals surface area contributed by atoms with E-state index in [1.54, 1.807) is 17.2 Å². The molecule has 1 fully saturated rings. The number of nitrogens with one attached hydrogen (secondary N) is 1. The number of carbonyl (C=O) groups is 2. The van der Waals surface area contributed by atoms with Gasteiger partial charge in [0.25, 0.3) is 5.91 Å². The first kappa shape index (κ1) is 29.4. The zero-order valence-corrected chi connectivity index (χ0v) is 23.8. The minimum Gasteiger partial charge on any atom is -0.434 e. The average Bonchev–Trinajstić information content (AvgIpc) is 3.57. The van der Waals surface area contributed by atoms with Crippen molar-refractivity contribution in [2.75, 3.05) is 58.7 Å². The van der Waals surface area contributed by atoms with E-state index in [-0.39, 0.29) is 45.7 Å². The van der Waals surface area contributed by atoms with E-state index in [4.69, 9.17) is 16.3 Å². The summed E-state index contributed by atoms with van der Waals surface area (Å²) in [5.41, 5.74) is 0.906. The van der Waals surface area contributed by atoms with Gasteiger partial charge in [-0.1, -0.05) is 11.6 Å². The lowest BCUT2D eigenvalue weighted by atomic mass is 10.1. The molecule has 5 rings (SSSR count). The van der Waals surface area contributed by atoms with Gasteiger partial charge in [-0.2, -0.15) is 19.0 Å². The van der Waals surface area contributed by atoms with Crippen molar-refractivity contribution in [1.82, 2.24) is 39.1 Å². The Hall–Kier alpha value is -4.14. The molecule has 0 radical (unpaired) electrons. The molecule has 1 N–H and O–H groups in total. The Labute approximate surface area is 245 Å². The maximum absolute atomic E-state index is 13.3. The number of nitrogens with zero attached hydrogens (tertiary/aromatic N) is 8. The Morgan fingerprint density at radius 2 is 1.98 bits per heavy atom. The van der Waals surface area contributed by atoms with Gasteiger partial charge in [0.2, 0.25) is 5.91 Å². The third-order valence-corrected chi connectivity index (χ3v) is 7.07. The Bertz CT molecular complexity index is 1570. The number of likely N-dealkylation sites (N-methyl/N-ethyl adjacent to an activating group) is 1. The highest BCUT2D eigenvalue weighted by molar-refractivity contribution is 6.31. The molecule has 222 valence electrons. The molecule has 15 heteroatoms. The second kappa shape index (κ2) is 12.8. The predicted molar refractivity (Wildman–Crippen MR) is 152 cm³/mol. The Balaban J connectivity index is 1.41. The molecule has 0 bridgehead atoms. The smallest absolute Gasteiger partial charge is 0.387 e. The first-order chi connectivity index (χ1) is 20.2. The minimum atomic E-state index is -3.10. The van der Waals surface area contributed by atoms with Gasteiger partial charge < -0.3 is 19.9 Å². The van der Waals surface area contributed by atoms with Crippen LogP contribution in [-0.4, -0.2) is 111 Å². The molecular weight excluding hydrogens is 572 g/mol. The van der Waals surface area contributed by atoms with E-state index in [9.17, 15) is 18.4 Å². The molecule has 1 aliphatic rings. The van der Waals surface area contributed by atoms with Crippen LogP contribution in [0.1, 0.15) is 10.4 Å². The fourth-order valence-electron chi connectivity index (χ4n) is 4.66. The van der Waals surface area contributed by atoms with E-state index in [2.05, 4.69) is 30.3 Å². The van der Waals surface area contributed by atoms with E-state index >= 15 is 0 Å². The number of carbonyl (C=O) groups excluding carboxylic acids is 2. The van der Waals surface area contributed by atoms with E-state index in [0.717, 1.165) is 26.2 Å². The van der Waals surface area contributed by atoms with Gasteiger partial charge in [0.1, 0.15) is 23.6 Å². The van der Waals surface area contributed by atoms with Crippen molar-refractivity contribution in [2.24, 2.45) is 0 Å². The molecule has 0 atom stereocenters. The zero-order valence-electron chi connectivity index (χ0n) is 23.1. The molecule has 12 nitrogen and oxygen atoms in total. The van der Waals surface area contributed by atoms with Gasteiger partial charge in [-0.05, 0) is 38.4 Å². The standard InChI is InChI=1S/C27H30ClF2N9O3/c1-35(2)8-9-36-10-12-37(13-11-36)23(40)17-38-16-21(33-26(41)20-15-32-39-7-3-6-31-25(20)39)24(34-38)19-14-18(28)4-5-22(19)42-27(29)30/h3-7,14-16,27H,8-13,17H2,1-2H3,(H,33,41). The van der Waals surface area contributed by atoms with Gasteiger partial charge in [0, 0.05) is 68.4 Å². The molecule has 1 aliphatic heterocycles. The molecule has 1 saturated heterocycles. The number of aromatic nitrogens is 5. The SMILES string of the molecule is CN(C)CCN1CCN(C(=O)Cn2cc(NC(=O)c3cnn4cccnc34)c(-c3cc(Cl)ccc3OC(F)F)n2)CC1. The van der Waals surface area contributed by atoms with E-state index < -0.39 is 12.5 Å². The number of hydrogen-bond acceptors (Lipinski definition) is 8. The largest absolute Gasteiger partial charge is 0.434 e. The third kappa shape index (κ3) is 6.83. The summed E-state index contributed by atoms with van der Waals surface area (Å²) in [6.07, 6.45) is 6.03. The first-order valence-corrected chi connectivity index (χ1v) is 13.6. The molecule has 0 unspecified atom stereocenters. The van der Waals surface area contributed by atoms with Gasteiger partial charge in [-0.15, -0.1) is 0 Å². The van der Waals surface area contributed by atoms with Gasteiger partial charge in [0.15, 0.2) is 5.65 Å². The monoisotopic (exact) mass is 601 g/mol. The van der Waals surface area contributed by atoms with E-state index in [1.165, 1.54) is 46.0 Å². The van der Waals surface area contributed by atoms with Gasteiger partial charge in [0.05, 0.1) is 11.9 Å². The summed E-state index contributed by atoms with van der Waals surface area (Å²) in [6.45, 7) is 1.30. The van der Waals surface area contributed by atoms with E-state index in [0.29, 0.717) is 18.7 Å². The number of amides is 2. The van der Waals surface area contributed by atoms with Crippen molar-refractivity contribution in [3.63, 3.8) is 0 Å². The number of hydrogen-bond donors (Lipinski definition) is 1.